The first-order valence-electron chi connectivity index (χ1n) is 7.38. The van der Waals surface area contributed by atoms with Crippen molar-refractivity contribution in [3.63, 3.8) is 0 Å². The number of carbonyl (C=O) groups is 1. The molecule has 0 aliphatic carbocycles. The number of hydrogen-bond donors (Lipinski definition) is 1. The Morgan fingerprint density at radius 2 is 1.88 bits per heavy atom. The smallest absolute Gasteiger partial charge is 0.229 e. The topological polar surface area (TPSA) is 85.6 Å². The summed E-state index contributed by atoms with van der Waals surface area (Å²) in [5.74, 6) is 1.59. The Balaban J connectivity index is 1.54. The van der Waals surface area contributed by atoms with E-state index in [1.54, 1.807) is 18.5 Å². The van der Waals surface area contributed by atoms with Gasteiger partial charge < -0.3 is 4.57 Å². The lowest BCUT2D eigenvalue weighted by Gasteiger charge is -2.04. The summed E-state index contributed by atoms with van der Waals surface area (Å²) in [5.41, 5.74) is 1.01. The van der Waals surface area contributed by atoms with Crippen LogP contribution >= 0.6 is 11.8 Å². The zero-order valence-corrected chi connectivity index (χ0v) is 13.9. The summed E-state index contributed by atoms with van der Waals surface area (Å²) in [7, 11) is 1.92. The van der Waals surface area contributed by atoms with Crippen LogP contribution < -0.4 is 5.32 Å². The van der Waals surface area contributed by atoms with E-state index in [1.165, 1.54) is 11.8 Å². The van der Waals surface area contributed by atoms with Gasteiger partial charge in [-0.05, 0) is 6.07 Å². The average molecular weight is 340 g/mol. The normalized spacial score (nSPS) is 10.5. The van der Waals surface area contributed by atoms with Crippen LogP contribution in [0.2, 0.25) is 0 Å². The third-order valence-corrected chi connectivity index (χ3v) is 4.27. The Labute approximate surface area is 143 Å². The summed E-state index contributed by atoms with van der Waals surface area (Å²) in [6, 6.07) is 11.6. The molecule has 1 N–H and O–H groups in total. The molecule has 24 heavy (non-hydrogen) atoms. The number of anilines is 1. The molecule has 0 saturated carbocycles. The molecule has 0 aliphatic heterocycles. The van der Waals surface area contributed by atoms with E-state index in [2.05, 4.69) is 25.5 Å². The number of hydrogen-bond acceptors (Lipinski definition) is 6. The summed E-state index contributed by atoms with van der Waals surface area (Å²) < 4.78 is 1.93. The number of benzene rings is 1. The number of nitrogens with zero attached hydrogens (tertiary/aromatic N) is 5. The van der Waals surface area contributed by atoms with Gasteiger partial charge in [0.25, 0.3) is 0 Å². The molecule has 0 unspecified atom stereocenters. The van der Waals surface area contributed by atoms with Crippen LogP contribution in [0.15, 0.2) is 53.9 Å². The largest absolute Gasteiger partial charge is 0.305 e. The summed E-state index contributed by atoms with van der Waals surface area (Å²) in [4.78, 5) is 19.8. The summed E-state index contributed by atoms with van der Waals surface area (Å²) >= 11 is 1.49. The molecule has 8 heteroatoms. The Morgan fingerprint density at radius 1 is 1.12 bits per heavy atom. The molecule has 2 aromatic heterocycles. The molecule has 7 nitrogen and oxygen atoms in total. The van der Waals surface area contributed by atoms with E-state index in [0.29, 0.717) is 18.1 Å². The highest BCUT2D eigenvalue weighted by molar-refractivity contribution is 7.99. The average Bonchev–Trinajstić information content (AvgIpc) is 2.97. The van der Waals surface area contributed by atoms with Crippen molar-refractivity contribution < 1.29 is 4.79 Å². The predicted molar refractivity (Wildman–Crippen MR) is 92.4 cm³/mol. The second kappa shape index (κ2) is 7.69. The molecular formula is C16H16N6OS. The molecule has 2 heterocycles. The maximum atomic E-state index is 11.9. The highest BCUT2D eigenvalue weighted by Gasteiger charge is 2.11. The molecule has 1 aromatic carbocycles. The zero-order chi connectivity index (χ0) is 16.8. The standard InChI is InChI=1S/C16H16N6OS/c1-22-14(12-6-3-2-4-7-12)20-21-16(22)24-11-8-13(23)19-15-17-9-5-10-18-15/h2-7,9-10H,8,11H2,1H3,(H,17,18,19,23). The van der Waals surface area contributed by atoms with E-state index in [0.717, 1.165) is 16.5 Å². The van der Waals surface area contributed by atoms with Crippen LogP contribution in [0.5, 0.6) is 0 Å². The van der Waals surface area contributed by atoms with Crippen molar-refractivity contribution in [1.82, 2.24) is 24.7 Å². The van der Waals surface area contributed by atoms with Gasteiger partial charge >= 0.3 is 0 Å². The molecule has 0 saturated heterocycles. The summed E-state index contributed by atoms with van der Waals surface area (Å²) in [6.45, 7) is 0. The maximum absolute atomic E-state index is 11.9. The Hall–Kier alpha value is -2.74. The van der Waals surface area contributed by atoms with Crippen molar-refractivity contribution in [3.05, 3.63) is 48.8 Å². The molecular weight excluding hydrogens is 324 g/mol. The van der Waals surface area contributed by atoms with Crippen molar-refractivity contribution in [3.8, 4) is 11.4 Å². The number of amides is 1. The number of carbonyl (C=O) groups excluding carboxylic acids is 1. The van der Waals surface area contributed by atoms with E-state index in [4.69, 9.17) is 0 Å². The van der Waals surface area contributed by atoms with Crippen molar-refractivity contribution in [2.24, 2.45) is 7.05 Å². The monoisotopic (exact) mass is 340 g/mol. The second-order valence-electron chi connectivity index (χ2n) is 4.95. The van der Waals surface area contributed by atoms with Crippen LogP contribution in [0.25, 0.3) is 11.4 Å². The third-order valence-electron chi connectivity index (χ3n) is 3.24. The van der Waals surface area contributed by atoms with Gasteiger partial charge in [0.2, 0.25) is 11.9 Å². The summed E-state index contributed by atoms with van der Waals surface area (Å²) in [5, 5.41) is 11.8. The fraction of sp³-hybridized carbons (Fsp3) is 0.188. The van der Waals surface area contributed by atoms with Gasteiger partial charge in [-0.25, -0.2) is 9.97 Å². The Morgan fingerprint density at radius 3 is 2.62 bits per heavy atom. The van der Waals surface area contributed by atoms with Gasteiger partial charge in [-0.2, -0.15) is 0 Å². The van der Waals surface area contributed by atoms with Gasteiger partial charge in [-0.15, -0.1) is 10.2 Å². The van der Waals surface area contributed by atoms with Crippen LogP contribution in [0, 0.1) is 0 Å². The van der Waals surface area contributed by atoms with E-state index < -0.39 is 0 Å². The minimum atomic E-state index is -0.126. The molecule has 0 aliphatic rings. The SMILES string of the molecule is Cn1c(SCCC(=O)Nc2ncccn2)nnc1-c1ccccc1. The Bertz CT molecular complexity index is 806. The van der Waals surface area contributed by atoms with E-state index in [9.17, 15) is 4.79 Å². The molecule has 0 radical (unpaired) electrons. The molecule has 3 aromatic rings. The lowest BCUT2D eigenvalue weighted by molar-refractivity contribution is -0.115. The number of nitrogens with one attached hydrogen (secondary N) is 1. The molecule has 0 atom stereocenters. The lowest BCUT2D eigenvalue weighted by Crippen LogP contribution is -2.14. The van der Waals surface area contributed by atoms with Gasteiger partial charge in [0.1, 0.15) is 0 Å². The molecule has 0 bridgehead atoms. The maximum Gasteiger partial charge on any atom is 0.229 e. The molecule has 1 amide bonds. The number of aromatic nitrogens is 5. The molecule has 122 valence electrons. The molecule has 0 fully saturated rings. The number of rotatable bonds is 6. The van der Waals surface area contributed by atoms with Gasteiger partial charge in [0.05, 0.1) is 0 Å². The van der Waals surface area contributed by atoms with Crippen LogP contribution in [0.3, 0.4) is 0 Å². The highest BCUT2D eigenvalue weighted by Crippen LogP contribution is 2.22. The van der Waals surface area contributed by atoms with Gasteiger partial charge in [-0.3, -0.25) is 10.1 Å². The van der Waals surface area contributed by atoms with E-state index in [-0.39, 0.29) is 5.91 Å². The van der Waals surface area contributed by atoms with Crippen LogP contribution in [0.1, 0.15) is 6.42 Å². The first-order valence-corrected chi connectivity index (χ1v) is 8.37. The van der Waals surface area contributed by atoms with Crippen molar-refractivity contribution in [2.75, 3.05) is 11.1 Å². The van der Waals surface area contributed by atoms with Crippen molar-refractivity contribution in [2.45, 2.75) is 11.6 Å². The van der Waals surface area contributed by atoms with Crippen molar-refractivity contribution >= 4 is 23.6 Å². The second-order valence-corrected chi connectivity index (χ2v) is 6.01. The third kappa shape index (κ3) is 3.96. The van der Waals surface area contributed by atoms with Crippen LogP contribution in [-0.2, 0) is 11.8 Å². The number of thioether (sulfide) groups is 1. The first kappa shape index (κ1) is 16.1. The fourth-order valence-electron chi connectivity index (χ4n) is 2.07. The minimum Gasteiger partial charge on any atom is -0.305 e. The fourth-order valence-corrected chi connectivity index (χ4v) is 2.91. The Kier molecular flexibility index (Phi) is 5.17. The van der Waals surface area contributed by atoms with Crippen LogP contribution in [0.4, 0.5) is 5.95 Å². The first-order chi connectivity index (χ1) is 11.7. The molecule has 3 rings (SSSR count). The quantitative estimate of drug-likeness (QED) is 0.694. The van der Waals surface area contributed by atoms with Gasteiger partial charge in [0.15, 0.2) is 11.0 Å². The minimum absolute atomic E-state index is 0.126. The van der Waals surface area contributed by atoms with Gasteiger partial charge in [0, 0.05) is 37.2 Å². The van der Waals surface area contributed by atoms with Crippen molar-refractivity contribution in [1.29, 1.82) is 0 Å². The zero-order valence-electron chi connectivity index (χ0n) is 13.1. The predicted octanol–water partition coefficient (Wildman–Crippen LogP) is 2.39. The lowest BCUT2D eigenvalue weighted by atomic mass is 10.2. The summed E-state index contributed by atoms with van der Waals surface area (Å²) in [6.07, 6.45) is 3.51. The van der Waals surface area contributed by atoms with E-state index >= 15 is 0 Å². The van der Waals surface area contributed by atoms with E-state index in [1.807, 2.05) is 41.9 Å². The van der Waals surface area contributed by atoms with Crippen LogP contribution in [-0.4, -0.2) is 36.4 Å². The van der Waals surface area contributed by atoms with Gasteiger partial charge in [-0.1, -0.05) is 42.1 Å². The highest BCUT2D eigenvalue weighted by atomic mass is 32.2. The molecule has 0 spiro atoms.